The average Bonchev–Trinajstić information content (AvgIpc) is 2.90. The van der Waals surface area contributed by atoms with Gasteiger partial charge in [0.15, 0.2) is 0 Å². The number of ether oxygens (including phenoxy) is 1. The van der Waals surface area contributed by atoms with E-state index in [4.69, 9.17) is 4.74 Å². The third-order valence-electron chi connectivity index (χ3n) is 4.15. The third-order valence-corrected chi connectivity index (χ3v) is 4.15. The number of hydrogen-bond acceptors (Lipinski definition) is 7. The number of carbonyl (C=O) groups excluding carboxylic acids is 5. The molecule has 0 spiro atoms. The Labute approximate surface area is 164 Å². The van der Waals surface area contributed by atoms with Crippen LogP contribution in [-0.2, 0) is 9.59 Å². The minimum Gasteiger partial charge on any atom is -0.550 e. The average molecular weight is 395 g/mol. The van der Waals surface area contributed by atoms with Gasteiger partial charge in [-0.05, 0) is 42.5 Å². The smallest absolute Gasteiger partial charge is 0.308 e. The fourth-order valence-corrected chi connectivity index (χ4v) is 2.82. The molecule has 1 N–H and O–H groups in total. The maximum Gasteiger partial charge on any atom is 0.308 e. The molecule has 2 aromatic rings. The number of fused-ring (bicyclic) bond motifs is 1. The standard InChI is InChI=1S/C20H16N2O7/c1-11(23)29-14-5-2-12(3-6-14)18(26)21-13-4-7-15-16(10-13)20(28)22(19(15)27)9-8-17(24)25/h2-7,10H,8-9H2,1H3,(H,21,26)(H,24,25)/p-1. The van der Waals surface area contributed by atoms with Crippen LogP contribution in [0.4, 0.5) is 5.69 Å². The van der Waals surface area contributed by atoms with E-state index in [1.165, 1.54) is 49.4 Å². The van der Waals surface area contributed by atoms with Gasteiger partial charge in [-0.25, -0.2) is 0 Å². The van der Waals surface area contributed by atoms with E-state index in [1.54, 1.807) is 0 Å². The SMILES string of the molecule is CC(=O)Oc1ccc(C(=O)Nc2ccc3c(c2)C(=O)N(CCC(=O)[O-])C3=O)cc1. The van der Waals surface area contributed by atoms with Gasteiger partial charge in [-0.2, -0.15) is 0 Å². The first-order valence-corrected chi connectivity index (χ1v) is 8.56. The number of amides is 3. The second kappa shape index (κ2) is 7.93. The Kier molecular flexibility index (Phi) is 5.40. The Morgan fingerprint density at radius 3 is 2.28 bits per heavy atom. The molecule has 1 aliphatic heterocycles. The fraction of sp³-hybridized carbons (Fsp3) is 0.150. The summed E-state index contributed by atoms with van der Waals surface area (Å²) in [6, 6.07) is 10.1. The summed E-state index contributed by atoms with van der Waals surface area (Å²) in [5.74, 6) is -3.24. The summed E-state index contributed by atoms with van der Waals surface area (Å²) >= 11 is 0. The maximum atomic E-state index is 12.4. The Morgan fingerprint density at radius 2 is 1.66 bits per heavy atom. The molecule has 2 aromatic carbocycles. The Morgan fingerprint density at radius 1 is 1.00 bits per heavy atom. The molecule has 0 bridgehead atoms. The van der Waals surface area contributed by atoms with Crippen LogP contribution < -0.4 is 15.2 Å². The molecular weight excluding hydrogens is 380 g/mol. The lowest BCUT2D eigenvalue weighted by Crippen LogP contribution is -2.34. The van der Waals surface area contributed by atoms with Gasteiger partial charge in [0, 0.05) is 37.1 Å². The van der Waals surface area contributed by atoms with E-state index in [1.807, 2.05) is 0 Å². The molecule has 3 amide bonds. The lowest BCUT2D eigenvalue weighted by molar-refractivity contribution is -0.305. The molecule has 148 valence electrons. The number of nitrogens with zero attached hydrogens (tertiary/aromatic N) is 1. The van der Waals surface area contributed by atoms with Gasteiger partial charge in [0.05, 0.1) is 11.1 Å². The van der Waals surface area contributed by atoms with E-state index in [9.17, 15) is 29.1 Å². The van der Waals surface area contributed by atoms with Crippen molar-refractivity contribution in [1.29, 1.82) is 0 Å². The third kappa shape index (κ3) is 4.29. The van der Waals surface area contributed by atoms with Gasteiger partial charge in [-0.15, -0.1) is 0 Å². The lowest BCUT2D eigenvalue weighted by atomic mass is 10.1. The molecule has 9 heteroatoms. The molecule has 0 aromatic heterocycles. The van der Waals surface area contributed by atoms with Crippen LogP contribution in [0.2, 0.25) is 0 Å². The van der Waals surface area contributed by atoms with Crippen molar-refractivity contribution in [2.24, 2.45) is 0 Å². The highest BCUT2D eigenvalue weighted by atomic mass is 16.5. The number of rotatable bonds is 6. The predicted octanol–water partition coefficient (Wildman–Crippen LogP) is 0.600. The van der Waals surface area contributed by atoms with Gasteiger partial charge < -0.3 is 20.0 Å². The molecule has 0 unspecified atom stereocenters. The quantitative estimate of drug-likeness (QED) is 0.430. The zero-order valence-electron chi connectivity index (χ0n) is 15.3. The van der Waals surface area contributed by atoms with Gasteiger partial charge >= 0.3 is 5.97 Å². The molecule has 1 aliphatic rings. The number of nitrogens with one attached hydrogen (secondary N) is 1. The number of benzene rings is 2. The maximum absolute atomic E-state index is 12.4. The first-order valence-electron chi connectivity index (χ1n) is 8.56. The molecule has 3 rings (SSSR count). The van der Waals surface area contributed by atoms with Crippen LogP contribution in [0.25, 0.3) is 0 Å². The summed E-state index contributed by atoms with van der Waals surface area (Å²) in [6.45, 7) is 0.977. The van der Waals surface area contributed by atoms with Gasteiger partial charge in [-0.3, -0.25) is 24.1 Å². The van der Waals surface area contributed by atoms with Crippen LogP contribution in [0, 0.1) is 0 Å². The summed E-state index contributed by atoms with van der Waals surface area (Å²) in [7, 11) is 0. The summed E-state index contributed by atoms with van der Waals surface area (Å²) in [5, 5.41) is 13.2. The number of aliphatic carboxylic acids is 1. The number of carbonyl (C=O) groups is 5. The highest BCUT2D eigenvalue weighted by molar-refractivity contribution is 6.22. The highest BCUT2D eigenvalue weighted by Gasteiger charge is 2.35. The van der Waals surface area contributed by atoms with E-state index < -0.39 is 36.1 Å². The minimum absolute atomic E-state index is 0.0800. The van der Waals surface area contributed by atoms with Crippen molar-refractivity contribution < 1.29 is 33.8 Å². The topological polar surface area (TPSA) is 133 Å². The van der Waals surface area contributed by atoms with Crippen molar-refractivity contribution in [3.8, 4) is 5.75 Å². The van der Waals surface area contributed by atoms with E-state index >= 15 is 0 Å². The summed E-state index contributed by atoms with van der Waals surface area (Å²) in [4.78, 5) is 59.4. The molecule has 0 fully saturated rings. The van der Waals surface area contributed by atoms with Crippen molar-refractivity contribution >= 4 is 35.3 Å². The van der Waals surface area contributed by atoms with E-state index in [2.05, 4.69) is 5.32 Å². The van der Waals surface area contributed by atoms with Crippen molar-refractivity contribution in [3.63, 3.8) is 0 Å². The first-order chi connectivity index (χ1) is 13.8. The normalized spacial score (nSPS) is 12.5. The highest BCUT2D eigenvalue weighted by Crippen LogP contribution is 2.26. The van der Waals surface area contributed by atoms with E-state index in [0.717, 1.165) is 4.90 Å². The second-order valence-electron chi connectivity index (χ2n) is 6.22. The van der Waals surface area contributed by atoms with Crippen molar-refractivity contribution in [2.75, 3.05) is 11.9 Å². The number of esters is 1. The molecule has 1 heterocycles. The summed E-state index contributed by atoms with van der Waals surface area (Å²) in [6.07, 6.45) is -0.460. The number of carboxylic acids is 1. The van der Waals surface area contributed by atoms with Crippen molar-refractivity contribution in [3.05, 3.63) is 59.2 Å². The van der Waals surface area contributed by atoms with Crippen LogP contribution in [-0.4, -0.2) is 41.1 Å². The van der Waals surface area contributed by atoms with Crippen LogP contribution in [0.5, 0.6) is 5.75 Å². The molecule has 0 radical (unpaired) electrons. The van der Waals surface area contributed by atoms with Gasteiger partial charge in [-0.1, -0.05) is 0 Å². The van der Waals surface area contributed by atoms with Crippen molar-refractivity contribution in [1.82, 2.24) is 4.90 Å². The number of imide groups is 1. The fourth-order valence-electron chi connectivity index (χ4n) is 2.82. The molecular formula is C20H15N2O7-. The van der Waals surface area contributed by atoms with Gasteiger partial charge in [0.1, 0.15) is 5.75 Å². The number of carboxylic acid groups (broad SMARTS) is 1. The number of anilines is 1. The Balaban J connectivity index is 1.73. The van der Waals surface area contributed by atoms with E-state index in [0.29, 0.717) is 17.0 Å². The van der Waals surface area contributed by atoms with Crippen LogP contribution in [0.1, 0.15) is 44.4 Å². The van der Waals surface area contributed by atoms with Gasteiger partial charge in [0.25, 0.3) is 17.7 Å². The summed E-state index contributed by atoms with van der Waals surface area (Å²) < 4.78 is 4.90. The molecule has 0 atom stereocenters. The first kappa shape index (κ1) is 19.7. The molecule has 29 heavy (non-hydrogen) atoms. The van der Waals surface area contributed by atoms with Crippen molar-refractivity contribution in [2.45, 2.75) is 13.3 Å². The van der Waals surface area contributed by atoms with Crippen LogP contribution in [0.15, 0.2) is 42.5 Å². The van der Waals surface area contributed by atoms with Crippen LogP contribution >= 0.6 is 0 Å². The molecule has 0 aliphatic carbocycles. The second-order valence-corrected chi connectivity index (χ2v) is 6.22. The summed E-state index contributed by atoms with van der Waals surface area (Å²) in [5.41, 5.74) is 0.800. The Bertz CT molecular complexity index is 1030. The molecule has 0 saturated heterocycles. The zero-order valence-corrected chi connectivity index (χ0v) is 15.3. The largest absolute Gasteiger partial charge is 0.550 e. The van der Waals surface area contributed by atoms with Gasteiger partial charge in [0.2, 0.25) is 0 Å². The van der Waals surface area contributed by atoms with Crippen LogP contribution in [0.3, 0.4) is 0 Å². The predicted molar refractivity (Wildman–Crippen MR) is 97.1 cm³/mol. The lowest BCUT2D eigenvalue weighted by Gasteiger charge is -2.13. The molecule has 9 nitrogen and oxygen atoms in total. The van der Waals surface area contributed by atoms with E-state index in [-0.39, 0.29) is 17.7 Å². The molecule has 0 saturated carbocycles. The monoisotopic (exact) mass is 395 g/mol. The zero-order chi connectivity index (χ0) is 21.1. The number of hydrogen-bond donors (Lipinski definition) is 1. The Hall–Kier alpha value is -4.01. The minimum atomic E-state index is -1.37.